The summed E-state index contributed by atoms with van der Waals surface area (Å²) in [5.74, 6) is -1.92. The maximum atomic E-state index is 13.4. The minimum Gasteiger partial charge on any atom is -0.370 e. The third-order valence-corrected chi connectivity index (χ3v) is 14.0. The molecule has 2 aromatic carbocycles. The van der Waals surface area contributed by atoms with Crippen molar-refractivity contribution in [3.05, 3.63) is 88.0 Å². The predicted octanol–water partition coefficient (Wildman–Crippen LogP) is 5.36. The first-order chi connectivity index (χ1) is 28.1. The third kappa shape index (κ3) is 7.31. The Kier molecular flexibility index (Phi) is 10.4. The number of anilines is 3. The van der Waals surface area contributed by atoms with Crippen LogP contribution in [0.5, 0.6) is 0 Å². The number of piperazine rings is 1. The average molecular weight is 804 g/mol. The predicted molar refractivity (Wildman–Crippen MR) is 222 cm³/mol. The Morgan fingerprint density at radius 1 is 0.828 bits per heavy atom. The van der Waals surface area contributed by atoms with Gasteiger partial charge in [-0.2, -0.15) is 0 Å². The van der Waals surface area contributed by atoms with Gasteiger partial charge in [-0.05, 0) is 93.3 Å². The summed E-state index contributed by atoms with van der Waals surface area (Å²) in [6.45, 7) is 19.2. The highest BCUT2D eigenvalue weighted by Gasteiger charge is 2.46. The van der Waals surface area contributed by atoms with Crippen molar-refractivity contribution < 1.29 is 19.2 Å². The molecule has 7 heterocycles. The molecule has 5 saturated heterocycles. The maximum absolute atomic E-state index is 13.4. The summed E-state index contributed by atoms with van der Waals surface area (Å²) in [6, 6.07) is 15.7. The molecule has 0 aliphatic carbocycles. The molecule has 0 radical (unpaired) electrons. The van der Waals surface area contributed by atoms with Gasteiger partial charge >= 0.3 is 0 Å². The van der Waals surface area contributed by atoms with Gasteiger partial charge in [-0.15, -0.1) is 0 Å². The monoisotopic (exact) mass is 803 g/mol. The Morgan fingerprint density at radius 2 is 1.53 bits per heavy atom. The van der Waals surface area contributed by atoms with E-state index in [0.717, 1.165) is 113 Å². The number of benzene rings is 2. The Hall–Kier alpha value is -5.03. The van der Waals surface area contributed by atoms with E-state index in [2.05, 4.69) is 59.9 Å². The molecular weight excluding hydrogens is 754 g/mol. The number of pyridine rings is 1. The average Bonchev–Trinajstić information content (AvgIpc) is 3.69. The molecule has 6 aliphatic heterocycles. The van der Waals surface area contributed by atoms with Crippen molar-refractivity contribution in [2.24, 2.45) is 5.41 Å². The van der Waals surface area contributed by atoms with Crippen molar-refractivity contribution in [1.82, 2.24) is 25.0 Å². The lowest BCUT2D eigenvalue weighted by Gasteiger charge is -2.43. The topological polar surface area (TPSA) is 117 Å². The second-order valence-corrected chi connectivity index (χ2v) is 17.5. The quantitative estimate of drug-likeness (QED) is 0.247. The van der Waals surface area contributed by atoms with Gasteiger partial charge in [-0.3, -0.25) is 44.2 Å². The van der Waals surface area contributed by atoms with Gasteiger partial charge in [0.2, 0.25) is 17.5 Å². The molecule has 1 N–H and O–H groups in total. The Bertz CT molecular complexity index is 2150. The number of hydrogen-bond acceptors (Lipinski definition) is 10. The van der Waals surface area contributed by atoms with Crippen LogP contribution in [0.2, 0.25) is 5.02 Å². The summed E-state index contributed by atoms with van der Waals surface area (Å²) >= 11 is 6.40. The summed E-state index contributed by atoms with van der Waals surface area (Å²) in [4.78, 5) is 72.4. The number of carbonyl (C=O) groups is 4. The molecule has 0 saturated carbocycles. The van der Waals surface area contributed by atoms with Crippen molar-refractivity contribution in [1.29, 1.82) is 0 Å². The van der Waals surface area contributed by atoms with E-state index in [-0.39, 0.29) is 18.7 Å². The lowest BCUT2D eigenvalue weighted by Crippen LogP contribution is -2.54. The van der Waals surface area contributed by atoms with Crippen molar-refractivity contribution in [2.75, 3.05) is 73.6 Å². The number of hydrogen-bond donors (Lipinski definition) is 1. The molecule has 13 nitrogen and oxygen atoms in total. The summed E-state index contributed by atoms with van der Waals surface area (Å²) in [7, 11) is 0. The number of rotatable bonds is 7. The molecule has 14 heteroatoms. The lowest BCUT2D eigenvalue weighted by molar-refractivity contribution is -0.136. The molecule has 0 bridgehead atoms. The van der Waals surface area contributed by atoms with Gasteiger partial charge in [0.15, 0.2) is 0 Å². The molecule has 1 spiro atoms. The number of aromatic nitrogens is 1. The minimum absolute atomic E-state index is 0.103. The Balaban J connectivity index is 0.720. The van der Waals surface area contributed by atoms with Gasteiger partial charge in [0, 0.05) is 100 Å². The molecule has 58 heavy (non-hydrogen) atoms. The van der Waals surface area contributed by atoms with Crippen LogP contribution in [-0.2, 0) is 16.1 Å². The minimum atomic E-state index is -0.960. The fourth-order valence-corrected chi connectivity index (χ4v) is 10.6. The van der Waals surface area contributed by atoms with Crippen LogP contribution in [0.4, 0.5) is 22.7 Å². The maximum Gasteiger partial charge on any atom is 0.262 e. The first-order valence-electron chi connectivity index (χ1n) is 20.8. The zero-order valence-electron chi connectivity index (χ0n) is 33.0. The molecule has 1 aromatic heterocycles. The fourth-order valence-electron chi connectivity index (χ4n) is 10.4. The van der Waals surface area contributed by atoms with Crippen molar-refractivity contribution in [3.8, 4) is 0 Å². The molecule has 6 aliphatic rings. The number of imide groups is 2. The van der Waals surface area contributed by atoms with Gasteiger partial charge in [0.05, 0.1) is 35.3 Å². The standard InChI is InChI=1S/C44H50ClN9O4/c1-29-25-44(28-53(29)33-6-8-38(46-2)37(45)24-33)13-17-50(18-14-44)34-4-3-30(47-26-34)27-49-15-11-31(12-16-49)51-19-21-52(22-20-51)32-5-7-35-36(23-32)43(58)54(42(35)57)39-9-10-40(55)48-41(39)56/h3-8,23-24,26,29,31,39H,9-22,25,27-28H2,1H3,(H,48,55,56)/t29-,39?/m0/s1. The van der Waals surface area contributed by atoms with Crippen LogP contribution in [0.25, 0.3) is 4.85 Å². The first kappa shape index (κ1) is 38.5. The Morgan fingerprint density at radius 3 is 2.22 bits per heavy atom. The van der Waals surface area contributed by atoms with Crippen molar-refractivity contribution in [3.63, 3.8) is 0 Å². The van der Waals surface area contributed by atoms with Gasteiger partial charge in [-0.25, -0.2) is 4.85 Å². The van der Waals surface area contributed by atoms with Crippen LogP contribution in [-0.4, -0.2) is 120 Å². The molecular formula is C44H50ClN9O4. The zero-order valence-corrected chi connectivity index (χ0v) is 33.8. The number of halogens is 1. The number of nitrogens with zero attached hydrogens (tertiary/aromatic N) is 8. The SMILES string of the molecule is [C-]#[N+]c1ccc(N2CC3(CCN(c4ccc(CN5CCC(N6CCN(c7ccc8c(c7)C(=O)N(C7CCC(=O)NC7=O)C8=O)CC6)CC5)nc4)CC3)C[C@@H]2C)cc1Cl. The van der Waals surface area contributed by atoms with Gasteiger partial charge in [0.25, 0.3) is 11.8 Å². The van der Waals surface area contributed by atoms with Crippen LogP contribution in [0.3, 0.4) is 0 Å². The van der Waals surface area contributed by atoms with E-state index in [9.17, 15) is 19.2 Å². The van der Waals surface area contributed by atoms with E-state index >= 15 is 0 Å². The number of fused-ring (bicyclic) bond motifs is 1. The van der Waals surface area contributed by atoms with E-state index < -0.39 is 23.8 Å². The van der Waals surface area contributed by atoms with E-state index in [1.807, 2.05) is 24.3 Å². The number of likely N-dealkylation sites (tertiary alicyclic amines) is 1. The van der Waals surface area contributed by atoms with E-state index in [1.165, 1.54) is 12.1 Å². The molecule has 1 unspecified atom stereocenters. The fraction of sp³-hybridized carbons (Fsp3) is 0.500. The normalized spacial score (nSPS) is 24.4. The first-order valence-corrected chi connectivity index (χ1v) is 21.2. The number of carbonyl (C=O) groups excluding carboxylic acids is 4. The van der Waals surface area contributed by atoms with Crippen LogP contribution >= 0.6 is 11.6 Å². The van der Waals surface area contributed by atoms with E-state index in [4.69, 9.17) is 23.2 Å². The molecule has 2 atom stereocenters. The van der Waals surface area contributed by atoms with E-state index in [0.29, 0.717) is 39.3 Å². The van der Waals surface area contributed by atoms with Crippen LogP contribution in [0.15, 0.2) is 54.7 Å². The summed E-state index contributed by atoms with van der Waals surface area (Å²) in [5, 5.41) is 2.79. The van der Waals surface area contributed by atoms with E-state index in [1.54, 1.807) is 12.1 Å². The zero-order chi connectivity index (χ0) is 40.1. The van der Waals surface area contributed by atoms with Crippen LogP contribution in [0.1, 0.15) is 78.3 Å². The highest BCUT2D eigenvalue weighted by atomic mass is 35.5. The van der Waals surface area contributed by atoms with Crippen LogP contribution in [0, 0.1) is 12.0 Å². The summed E-state index contributed by atoms with van der Waals surface area (Å²) in [6.07, 6.45) is 8.03. The molecule has 9 rings (SSSR count). The summed E-state index contributed by atoms with van der Waals surface area (Å²) < 4.78 is 0. The largest absolute Gasteiger partial charge is 0.370 e. The smallest absolute Gasteiger partial charge is 0.262 e. The number of amides is 4. The lowest BCUT2D eigenvalue weighted by atomic mass is 9.76. The highest BCUT2D eigenvalue weighted by Crippen LogP contribution is 2.46. The molecule has 3 aromatic rings. The van der Waals surface area contributed by atoms with Crippen molar-refractivity contribution >= 4 is 58.0 Å². The van der Waals surface area contributed by atoms with Gasteiger partial charge in [-0.1, -0.05) is 17.7 Å². The molecule has 302 valence electrons. The van der Waals surface area contributed by atoms with Gasteiger partial charge < -0.3 is 14.7 Å². The number of piperidine rings is 3. The van der Waals surface area contributed by atoms with Gasteiger partial charge in [0.1, 0.15) is 6.04 Å². The number of nitrogens with one attached hydrogen (secondary N) is 1. The van der Waals surface area contributed by atoms with Crippen molar-refractivity contribution in [2.45, 2.75) is 76.5 Å². The molecule has 5 fully saturated rings. The Labute approximate surface area is 344 Å². The second-order valence-electron chi connectivity index (χ2n) is 17.1. The highest BCUT2D eigenvalue weighted by molar-refractivity contribution is 6.33. The van der Waals surface area contributed by atoms with Crippen LogP contribution < -0.4 is 20.0 Å². The third-order valence-electron chi connectivity index (χ3n) is 13.7. The summed E-state index contributed by atoms with van der Waals surface area (Å²) in [5.41, 5.74) is 5.78. The molecule has 4 amide bonds. The second kappa shape index (κ2) is 15.6.